The van der Waals surface area contributed by atoms with Crippen LogP contribution in [0.4, 0.5) is 13.2 Å². The number of benzene rings is 1. The predicted octanol–water partition coefficient (Wildman–Crippen LogP) is 1.27. The van der Waals surface area contributed by atoms with Crippen molar-refractivity contribution in [3.63, 3.8) is 0 Å². The van der Waals surface area contributed by atoms with Gasteiger partial charge in [-0.15, -0.1) is 0 Å². The summed E-state index contributed by atoms with van der Waals surface area (Å²) in [5.41, 5.74) is -3.93. The number of fused-ring (bicyclic) bond motifs is 1. The second-order valence-electron chi connectivity index (χ2n) is 5.61. The maximum atomic E-state index is 13.5. The summed E-state index contributed by atoms with van der Waals surface area (Å²) in [6, 6.07) is 4.25. The van der Waals surface area contributed by atoms with E-state index in [4.69, 9.17) is 0 Å². The molecule has 0 saturated carbocycles. The minimum absolute atomic E-state index is 0.146. The van der Waals surface area contributed by atoms with E-state index < -0.39 is 33.0 Å². The van der Waals surface area contributed by atoms with Crippen LogP contribution in [-0.2, 0) is 16.2 Å². The molecule has 0 aliphatic heterocycles. The summed E-state index contributed by atoms with van der Waals surface area (Å²) in [7, 11) is -3.98. The van der Waals surface area contributed by atoms with E-state index in [9.17, 15) is 31.2 Å². The molecule has 0 atom stereocenters. The van der Waals surface area contributed by atoms with Gasteiger partial charge in [-0.25, -0.2) is 18.0 Å². The van der Waals surface area contributed by atoms with Gasteiger partial charge < -0.3 is 4.98 Å². The van der Waals surface area contributed by atoms with Crippen molar-refractivity contribution >= 4 is 20.9 Å². The zero-order valence-corrected chi connectivity index (χ0v) is 14.4. The molecule has 0 saturated heterocycles. The third-order valence-electron chi connectivity index (χ3n) is 3.59. The van der Waals surface area contributed by atoms with Gasteiger partial charge >= 0.3 is 11.9 Å². The number of alkyl halides is 3. The summed E-state index contributed by atoms with van der Waals surface area (Å²) in [4.78, 5) is 32.0. The summed E-state index contributed by atoms with van der Waals surface area (Å²) in [6.07, 6.45) is -1.46. The van der Waals surface area contributed by atoms with Crippen molar-refractivity contribution in [1.29, 1.82) is 0 Å². The zero-order valence-electron chi connectivity index (χ0n) is 13.5. The Kier molecular flexibility index (Phi) is 4.30. The number of hydrogen-bond donors (Lipinski definition) is 2. The molecule has 12 heteroatoms. The number of rotatable bonds is 3. The molecule has 0 amide bonds. The first-order chi connectivity index (χ1) is 12.5. The number of aromatic amines is 1. The summed E-state index contributed by atoms with van der Waals surface area (Å²) >= 11 is 0. The topological polar surface area (TPSA) is 114 Å². The van der Waals surface area contributed by atoms with Crippen LogP contribution in [0.15, 0.2) is 46.2 Å². The summed E-state index contributed by atoms with van der Waals surface area (Å²) in [5.74, 6) is 0. The number of pyridine rings is 1. The lowest BCUT2D eigenvalue weighted by Gasteiger charge is -2.15. The van der Waals surface area contributed by atoms with Crippen molar-refractivity contribution in [2.24, 2.45) is 0 Å². The molecule has 2 heterocycles. The van der Waals surface area contributed by atoms with E-state index in [0.29, 0.717) is 6.07 Å². The molecule has 0 aliphatic rings. The number of aromatic nitrogens is 3. The molecule has 0 aliphatic carbocycles. The predicted molar refractivity (Wildman–Crippen MR) is 91.3 cm³/mol. The molecule has 27 heavy (non-hydrogen) atoms. The van der Waals surface area contributed by atoms with Gasteiger partial charge in [0.1, 0.15) is 0 Å². The molecule has 2 N–H and O–H groups in total. The lowest BCUT2D eigenvalue weighted by Crippen LogP contribution is -2.43. The van der Waals surface area contributed by atoms with Crippen LogP contribution in [-0.4, -0.2) is 29.3 Å². The van der Waals surface area contributed by atoms with Crippen molar-refractivity contribution in [3.05, 3.63) is 63.1 Å². The number of H-pyrrole nitrogens is 1. The highest BCUT2D eigenvalue weighted by Gasteiger charge is 2.34. The SMILES string of the molecule is CS(=O)(=O)Nn1c(=O)[nH]c2cc(C(F)(F)F)c(-c3ccncc3)cc2c1=O. The zero-order chi connectivity index (χ0) is 20.0. The molecule has 0 radical (unpaired) electrons. The summed E-state index contributed by atoms with van der Waals surface area (Å²) in [6.45, 7) is 0. The van der Waals surface area contributed by atoms with Gasteiger partial charge in [0, 0.05) is 12.4 Å². The van der Waals surface area contributed by atoms with Gasteiger partial charge in [0.2, 0.25) is 10.0 Å². The minimum atomic E-state index is -4.76. The third-order valence-corrected chi connectivity index (χ3v) is 4.10. The lowest BCUT2D eigenvalue weighted by molar-refractivity contribution is -0.137. The van der Waals surface area contributed by atoms with Gasteiger partial charge in [0.25, 0.3) is 5.56 Å². The fraction of sp³-hybridized carbons (Fsp3) is 0.133. The van der Waals surface area contributed by atoms with Gasteiger partial charge in [-0.2, -0.15) is 17.8 Å². The maximum Gasteiger partial charge on any atom is 0.417 e. The molecule has 0 bridgehead atoms. The Morgan fingerprint density at radius 3 is 2.33 bits per heavy atom. The van der Waals surface area contributed by atoms with Gasteiger partial charge in [-0.3, -0.25) is 9.78 Å². The second-order valence-corrected chi connectivity index (χ2v) is 7.34. The summed E-state index contributed by atoms with van der Waals surface area (Å²) < 4.78 is 63.3. The number of nitrogens with one attached hydrogen (secondary N) is 2. The van der Waals surface area contributed by atoms with Crippen molar-refractivity contribution in [1.82, 2.24) is 14.6 Å². The van der Waals surface area contributed by atoms with Crippen LogP contribution < -0.4 is 16.1 Å². The van der Waals surface area contributed by atoms with Crippen molar-refractivity contribution in [2.75, 3.05) is 11.1 Å². The Bertz CT molecular complexity index is 1250. The maximum absolute atomic E-state index is 13.5. The quantitative estimate of drug-likeness (QED) is 0.687. The highest BCUT2D eigenvalue weighted by Crippen LogP contribution is 2.38. The van der Waals surface area contributed by atoms with Crippen LogP contribution in [0.5, 0.6) is 0 Å². The van der Waals surface area contributed by atoms with E-state index in [-0.39, 0.29) is 26.7 Å². The molecule has 2 aromatic heterocycles. The van der Waals surface area contributed by atoms with Crippen LogP contribution in [0.25, 0.3) is 22.0 Å². The molecular formula is C15H11F3N4O4S. The normalized spacial score (nSPS) is 12.3. The van der Waals surface area contributed by atoms with Gasteiger partial charge in [-0.1, -0.05) is 0 Å². The molecule has 8 nitrogen and oxygen atoms in total. The lowest BCUT2D eigenvalue weighted by atomic mass is 9.98. The molecule has 3 rings (SSSR count). The average Bonchev–Trinajstić information content (AvgIpc) is 2.57. The number of hydrogen-bond acceptors (Lipinski definition) is 5. The second kappa shape index (κ2) is 6.23. The van der Waals surface area contributed by atoms with Gasteiger partial charge in [0.05, 0.1) is 22.7 Å². The number of halogens is 3. The minimum Gasteiger partial charge on any atom is -0.305 e. The van der Waals surface area contributed by atoms with E-state index >= 15 is 0 Å². The monoisotopic (exact) mass is 400 g/mol. The van der Waals surface area contributed by atoms with Crippen LogP contribution in [0.3, 0.4) is 0 Å². The number of sulfonamides is 1. The molecular weight excluding hydrogens is 389 g/mol. The van der Waals surface area contributed by atoms with Crippen molar-refractivity contribution in [3.8, 4) is 11.1 Å². The van der Waals surface area contributed by atoms with Crippen LogP contribution in [0.1, 0.15) is 5.56 Å². The largest absolute Gasteiger partial charge is 0.417 e. The standard InChI is InChI=1S/C15H11F3N4O4S/c1-27(25,26)21-22-13(23)10-6-9(8-2-4-19-5-3-8)11(15(16,17)18)7-12(10)20-14(22)24/h2-7,21H,1H3,(H,20,24). The Hall–Kier alpha value is -3.15. The molecule has 0 fully saturated rings. The van der Waals surface area contributed by atoms with Crippen LogP contribution in [0.2, 0.25) is 0 Å². The smallest absolute Gasteiger partial charge is 0.305 e. The fourth-order valence-corrected chi connectivity index (χ4v) is 3.01. The van der Waals surface area contributed by atoms with E-state index in [1.54, 1.807) is 4.83 Å². The first-order valence-corrected chi connectivity index (χ1v) is 9.15. The molecule has 1 aromatic carbocycles. The highest BCUT2D eigenvalue weighted by molar-refractivity contribution is 7.91. The van der Waals surface area contributed by atoms with Crippen LogP contribution >= 0.6 is 0 Å². The van der Waals surface area contributed by atoms with E-state index in [1.165, 1.54) is 24.5 Å². The van der Waals surface area contributed by atoms with Crippen molar-refractivity contribution in [2.45, 2.75) is 6.18 Å². The highest BCUT2D eigenvalue weighted by atomic mass is 32.2. The molecule has 142 valence electrons. The van der Waals surface area contributed by atoms with Crippen molar-refractivity contribution < 1.29 is 21.6 Å². The van der Waals surface area contributed by atoms with Gasteiger partial charge in [0.15, 0.2) is 0 Å². The van der Waals surface area contributed by atoms with E-state index in [0.717, 1.165) is 12.3 Å². The molecule has 0 unspecified atom stereocenters. The Morgan fingerprint density at radius 1 is 1.15 bits per heavy atom. The molecule has 3 aromatic rings. The Morgan fingerprint density at radius 2 is 1.78 bits per heavy atom. The van der Waals surface area contributed by atoms with E-state index in [1.807, 2.05) is 0 Å². The summed E-state index contributed by atoms with van der Waals surface area (Å²) in [5, 5.41) is -0.300. The molecule has 0 spiro atoms. The van der Waals surface area contributed by atoms with Gasteiger partial charge in [-0.05, 0) is 35.4 Å². The Labute approximate surface area is 149 Å². The Balaban J connectivity index is 2.41. The fourth-order valence-electron chi connectivity index (χ4n) is 2.52. The van der Waals surface area contributed by atoms with E-state index in [2.05, 4.69) is 9.97 Å². The third kappa shape index (κ3) is 3.69. The average molecular weight is 400 g/mol. The van der Waals surface area contributed by atoms with Crippen LogP contribution in [0, 0.1) is 0 Å². The number of nitrogens with zero attached hydrogens (tertiary/aromatic N) is 2. The first-order valence-electron chi connectivity index (χ1n) is 7.26. The first kappa shape index (κ1) is 18.6.